The Kier molecular flexibility index (Phi) is 7.79. The fourth-order valence-electron chi connectivity index (χ4n) is 5.24. The number of benzene rings is 3. The molecule has 0 bridgehead atoms. The highest BCUT2D eigenvalue weighted by atomic mass is 32.2. The zero-order chi connectivity index (χ0) is 27.3. The number of aldehydes is 1. The lowest BCUT2D eigenvalue weighted by molar-refractivity contribution is 0.112. The molecular weight excluding hydrogens is 522 g/mol. The van der Waals surface area contributed by atoms with Gasteiger partial charge in [-0.15, -0.1) is 0 Å². The number of anilines is 1. The summed E-state index contributed by atoms with van der Waals surface area (Å²) in [5.74, 6) is 0.845. The zero-order valence-electron chi connectivity index (χ0n) is 21.9. The van der Waals surface area contributed by atoms with E-state index in [1.54, 1.807) is 6.07 Å². The third-order valence-corrected chi connectivity index (χ3v) is 8.42. The largest absolute Gasteiger partial charge is 0.449 e. The number of rotatable bonds is 8. The van der Waals surface area contributed by atoms with Crippen LogP contribution < -0.4 is 10.2 Å². The van der Waals surface area contributed by atoms with Gasteiger partial charge in [-0.25, -0.2) is 9.78 Å². The second-order valence-electron chi connectivity index (χ2n) is 9.67. The molecule has 0 saturated carbocycles. The zero-order valence-corrected chi connectivity index (χ0v) is 22.7. The lowest BCUT2D eigenvalue weighted by Crippen LogP contribution is -2.36. The molecule has 6 rings (SSSR count). The predicted molar refractivity (Wildman–Crippen MR) is 155 cm³/mol. The van der Waals surface area contributed by atoms with E-state index in [1.165, 1.54) is 34.0 Å². The van der Waals surface area contributed by atoms with Crippen molar-refractivity contribution in [2.75, 3.05) is 37.8 Å². The number of nitrogens with zero attached hydrogens (tertiary/aromatic N) is 2. The van der Waals surface area contributed by atoms with Crippen molar-refractivity contribution in [2.45, 2.75) is 22.4 Å². The molecule has 8 heteroatoms. The van der Waals surface area contributed by atoms with Crippen LogP contribution in [-0.4, -0.2) is 50.3 Å². The molecule has 0 spiro atoms. The average molecular weight is 552 g/mol. The molecule has 1 amide bonds. The summed E-state index contributed by atoms with van der Waals surface area (Å²) in [6.07, 6.45) is 0.367. The van der Waals surface area contributed by atoms with E-state index in [-0.39, 0.29) is 19.1 Å². The van der Waals surface area contributed by atoms with E-state index in [1.807, 2.05) is 54.6 Å². The smallest absolute Gasteiger partial charge is 0.407 e. The maximum atomic E-state index is 12.9. The van der Waals surface area contributed by atoms with Crippen LogP contribution in [0, 0.1) is 0 Å². The first-order chi connectivity index (χ1) is 19.7. The number of pyridine rings is 1. The van der Waals surface area contributed by atoms with Gasteiger partial charge in [-0.1, -0.05) is 84.6 Å². The lowest BCUT2D eigenvalue weighted by Gasteiger charge is -2.28. The number of amides is 1. The molecule has 1 aliphatic carbocycles. The number of fused-ring (bicyclic) bond motifs is 3. The van der Waals surface area contributed by atoms with Crippen LogP contribution in [0.25, 0.3) is 11.1 Å². The Morgan fingerprint density at radius 2 is 1.62 bits per heavy atom. The van der Waals surface area contributed by atoms with Gasteiger partial charge < -0.3 is 19.7 Å². The molecule has 2 aliphatic rings. The SMILES string of the molecule is O=Cc1ccccc1Sc1nc(N2CCOCC2)ccc1CNC(=O)OCC1c2ccccc2-c2ccccc21. The van der Waals surface area contributed by atoms with Crippen LogP contribution in [0.15, 0.2) is 94.9 Å². The summed E-state index contributed by atoms with van der Waals surface area (Å²) in [4.78, 5) is 32.4. The average Bonchev–Trinajstić information content (AvgIpc) is 3.33. The van der Waals surface area contributed by atoms with Crippen molar-refractivity contribution in [3.05, 3.63) is 107 Å². The van der Waals surface area contributed by atoms with Gasteiger partial charge in [-0.2, -0.15) is 0 Å². The summed E-state index contributed by atoms with van der Waals surface area (Å²) in [5.41, 5.74) is 6.17. The molecule has 7 nitrogen and oxygen atoms in total. The van der Waals surface area contributed by atoms with Crippen LogP contribution >= 0.6 is 11.8 Å². The first-order valence-electron chi connectivity index (χ1n) is 13.3. The molecule has 4 aromatic rings. The van der Waals surface area contributed by atoms with Crippen LogP contribution in [0.1, 0.15) is 33.0 Å². The minimum absolute atomic E-state index is 0.00131. The number of carbonyl (C=O) groups is 2. The summed E-state index contributed by atoms with van der Waals surface area (Å²) < 4.78 is 11.2. The molecular formula is C32H29N3O4S. The normalized spacial score (nSPS) is 14.3. The molecule has 1 aromatic heterocycles. The molecule has 1 fully saturated rings. The monoisotopic (exact) mass is 551 g/mol. The lowest BCUT2D eigenvalue weighted by atomic mass is 9.98. The number of nitrogens with one attached hydrogen (secondary N) is 1. The van der Waals surface area contributed by atoms with Gasteiger partial charge in [0.05, 0.1) is 13.2 Å². The molecule has 0 unspecified atom stereocenters. The minimum Gasteiger partial charge on any atom is -0.449 e. The molecule has 40 heavy (non-hydrogen) atoms. The highest BCUT2D eigenvalue weighted by Crippen LogP contribution is 2.44. The highest BCUT2D eigenvalue weighted by Gasteiger charge is 2.29. The van der Waals surface area contributed by atoms with Gasteiger partial charge in [0.15, 0.2) is 6.29 Å². The summed E-state index contributed by atoms with van der Waals surface area (Å²) in [5, 5.41) is 3.64. The Labute approximate surface area is 237 Å². The fraction of sp³-hybridized carbons (Fsp3) is 0.219. The van der Waals surface area contributed by atoms with Crippen LogP contribution in [0.2, 0.25) is 0 Å². The van der Waals surface area contributed by atoms with E-state index in [2.05, 4.69) is 34.5 Å². The third kappa shape index (κ3) is 5.46. The van der Waals surface area contributed by atoms with Crippen molar-refractivity contribution >= 4 is 30.0 Å². The maximum absolute atomic E-state index is 12.9. The van der Waals surface area contributed by atoms with E-state index in [0.29, 0.717) is 18.8 Å². The quantitative estimate of drug-likeness (QED) is 0.272. The van der Waals surface area contributed by atoms with Gasteiger partial charge in [0.1, 0.15) is 17.5 Å². The Morgan fingerprint density at radius 1 is 0.950 bits per heavy atom. The van der Waals surface area contributed by atoms with Crippen molar-refractivity contribution in [2.24, 2.45) is 0 Å². The van der Waals surface area contributed by atoms with Crippen molar-refractivity contribution < 1.29 is 19.1 Å². The molecule has 0 radical (unpaired) electrons. The van der Waals surface area contributed by atoms with Gasteiger partial charge in [-0.3, -0.25) is 4.79 Å². The van der Waals surface area contributed by atoms with E-state index in [4.69, 9.17) is 14.5 Å². The second-order valence-corrected chi connectivity index (χ2v) is 10.7. The Morgan fingerprint density at radius 3 is 2.35 bits per heavy atom. The summed E-state index contributed by atoms with van der Waals surface area (Å²) in [7, 11) is 0. The Balaban J connectivity index is 1.17. The van der Waals surface area contributed by atoms with Gasteiger partial charge in [0.25, 0.3) is 0 Å². The first-order valence-corrected chi connectivity index (χ1v) is 14.2. The number of hydrogen-bond donors (Lipinski definition) is 1. The van der Waals surface area contributed by atoms with Crippen LogP contribution in [0.5, 0.6) is 0 Å². The molecule has 202 valence electrons. The van der Waals surface area contributed by atoms with Crippen molar-refractivity contribution in [1.29, 1.82) is 0 Å². The number of ether oxygens (including phenoxy) is 2. The maximum Gasteiger partial charge on any atom is 0.407 e. The standard InChI is InChI=1S/C32H29N3O4S/c36-20-23-7-1-6-12-29(23)40-31-22(13-14-30(34-31)35-15-17-38-18-16-35)19-33-32(37)39-21-28-26-10-4-2-8-24(26)25-9-3-5-11-27(25)28/h1-14,20,28H,15-19,21H2,(H,33,37). The number of carbonyl (C=O) groups excluding carboxylic acids is 2. The van der Waals surface area contributed by atoms with Crippen LogP contribution in [-0.2, 0) is 16.0 Å². The van der Waals surface area contributed by atoms with Crippen molar-refractivity contribution in [3.63, 3.8) is 0 Å². The van der Waals surface area contributed by atoms with E-state index < -0.39 is 6.09 Å². The minimum atomic E-state index is -0.483. The van der Waals surface area contributed by atoms with E-state index in [9.17, 15) is 9.59 Å². The number of alkyl carbamates (subject to hydrolysis) is 1. The van der Waals surface area contributed by atoms with Crippen LogP contribution in [0.3, 0.4) is 0 Å². The molecule has 2 heterocycles. The molecule has 0 atom stereocenters. The highest BCUT2D eigenvalue weighted by molar-refractivity contribution is 7.99. The number of hydrogen-bond acceptors (Lipinski definition) is 7. The topological polar surface area (TPSA) is 80.8 Å². The van der Waals surface area contributed by atoms with Gasteiger partial charge in [-0.05, 0) is 34.4 Å². The summed E-state index contributed by atoms with van der Waals surface area (Å²) >= 11 is 1.42. The van der Waals surface area contributed by atoms with Gasteiger partial charge in [0, 0.05) is 41.6 Å². The predicted octanol–water partition coefficient (Wildman–Crippen LogP) is 5.92. The van der Waals surface area contributed by atoms with Crippen LogP contribution in [0.4, 0.5) is 10.6 Å². The number of morpholine rings is 1. The Hall–Kier alpha value is -4.14. The van der Waals surface area contributed by atoms with E-state index in [0.717, 1.165) is 40.7 Å². The summed E-state index contributed by atoms with van der Waals surface area (Å²) in [6, 6.07) is 27.9. The summed E-state index contributed by atoms with van der Waals surface area (Å²) in [6.45, 7) is 3.34. The third-order valence-electron chi connectivity index (χ3n) is 7.28. The molecule has 3 aromatic carbocycles. The number of aromatic nitrogens is 1. The molecule has 1 saturated heterocycles. The second kappa shape index (κ2) is 11.9. The fourth-order valence-corrected chi connectivity index (χ4v) is 6.24. The van der Waals surface area contributed by atoms with Gasteiger partial charge >= 0.3 is 6.09 Å². The Bertz CT molecular complexity index is 1490. The van der Waals surface area contributed by atoms with Crippen molar-refractivity contribution in [1.82, 2.24) is 10.3 Å². The molecule has 1 N–H and O–H groups in total. The van der Waals surface area contributed by atoms with Gasteiger partial charge in [0.2, 0.25) is 0 Å². The van der Waals surface area contributed by atoms with Crippen molar-refractivity contribution in [3.8, 4) is 11.1 Å². The van der Waals surface area contributed by atoms with E-state index >= 15 is 0 Å². The molecule has 1 aliphatic heterocycles. The first kappa shape index (κ1) is 26.1.